The number of nitriles is 1. The van der Waals surface area contributed by atoms with E-state index in [0.717, 1.165) is 12.1 Å². The summed E-state index contributed by atoms with van der Waals surface area (Å²) in [5, 5.41) is 13.9. The lowest BCUT2D eigenvalue weighted by Crippen LogP contribution is -2.44. The molecule has 1 unspecified atom stereocenters. The minimum atomic E-state index is -4.62. The number of nitrogens with one attached hydrogen (secondary N) is 2. The van der Waals surface area contributed by atoms with E-state index in [4.69, 9.17) is 40.2 Å². The molecule has 170 valence electrons. The first-order valence-electron chi connectivity index (χ1n) is 8.81. The Labute approximate surface area is 196 Å². The van der Waals surface area contributed by atoms with Crippen molar-refractivity contribution in [3.8, 4) is 6.19 Å². The fourth-order valence-corrected chi connectivity index (χ4v) is 3.16. The van der Waals surface area contributed by atoms with E-state index < -0.39 is 28.3 Å². The lowest BCUT2D eigenvalue weighted by Gasteiger charge is -2.29. The number of aryl methyl sites for hydroxylation is 1. The van der Waals surface area contributed by atoms with Gasteiger partial charge in [0, 0.05) is 17.3 Å². The number of benzene rings is 1. The normalized spacial score (nSPS) is 13.2. The fourth-order valence-electron chi connectivity index (χ4n) is 2.43. The van der Waals surface area contributed by atoms with E-state index in [-0.39, 0.29) is 22.9 Å². The van der Waals surface area contributed by atoms with E-state index in [1.54, 1.807) is 24.4 Å². The second-order valence-electron chi connectivity index (χ2n) is 6.48. The lowest BCUT2D eigenvalue weighted by atomic mass is 10.2. The van der Waals surface area contributed by atoms with Gasteiger partial charge in [0.25, 0.3) is 5.91 Å². The summed E-state index contributed by atoms with van der Waals surface area (Å²) in [4.78, 5) is 20.3. The number of hydrogen-bond acceptors (Lipinski definition) is 4. The molecule has 13 heteroatoms. The summed E-state index contributed by atoms with van der Waals surface area (Å²) in [6, 6.07) is 9.87. The molecule has 0 aliphatic carbocycles. The van der Waals surface area contributed by atoms with Crippen molar-refractivity contribution >= 4 is 52.5 Å². The molecular weight excluding hydrogens is 492 g/mol. The number of pyridine rings is 1. The largest absolute Gasteiger partial charge is 0.433 e. The molecule has 0 spiro atoms. The minimum Gasteiger partial charge on any atom is -0.324 e. The smallest absolute Gasteiger partial charge is 0.324 e. The highest BCUT2D eigenvalue weighted by Crippen LogP contribution is 2.32. The summed E-state index contributed by atoms with van der Waals surface area (Å²) in [5.74, 6) is -0.946. The third-order valence-corrected chi connectivity index (χ3v) is 4.67. The third kappa shape index (κ3) is 6.63. The van der Waals surface area contributed by atoms with Gasteiger partial charge in [-0.25, -0.2) is 14.4 Å². The van der Waals surface area contributed by atoms with Gasteiger partial charge in [-0.05, 0) is 38.1 Å². The van der Waals surface area contributed by atoms with Gasteiger partial charge in [-0.15, -0.1) is 0 Å². The van der Waals surface area contributed by atoms with Gasteiger partial charge in [0.15, 0.2) is 16.7 Å². The predicted octanol–water partition coefficient (Wildman–Crippen LogP) is 5.06. The zero-order valence-electron chi connectivity index (χ0n) is 16.6. The van der Waals surface area contributed by atoms with Gasteiger partial charge >= 0.3 is 6.18 Å². The molecule has 2 aromatic rings. The van der Waals surface area contributed by atoms with Crippen LogP contribution >= 0.6 is 35.0 Å². The van der Waals surface area contributed by atoms with Crippen LogP contribution in [-0.2, 0) is 6.18 Å². The van der Waals surface area contributed by atoms with Crippen molar-refractivity contribution in [2.45, 2.75) is 30.5 Å². The van der Waals surface area contributed by atoms with Crippen molar-refractivity contribution in [1.29, 1.82) is 5.26 Å². The van der Waals surface area contributed by atoms with Crippen LogP contribution in [0.25, 0.3) is 0 Å². The predicted molar refractivity (Wildman–Crippen MR) is 116 cm³/mol. The quantitative estimate of drug-likeness (QED) is 0.147. The van der Waals surface area contributed by atoms with Gasteiger partial charge in [0.2, 0.25) is 5.96 Å². The van der Waals surface area contributed by atoms with E-state index in [9.17, 15) is 18.0 Å². The number of aromatic nitrogens is 1. The van der Waals surface area contributed by atoms with Crippen LogP contribution in [0.15, 0.2) is 47.5 Å². The Kier molecular flexibility index (Phi) is 8.18. The van der Waals surface area contributed by atoms with Crippen molar-refractivity contribution in [1.82, 2.24) is 14.7 Å². The summed E-state index contributed by atoms with van der Waals surface area (Å²) < 4.78 is 37.5. The maximum absolute atomic E-state index is 12.8. The topological polar surface area (TPSA) is 93.4 Å². The monoisotopic (exact) mass is 506 g/mol. The van der Waals surface area contributed by atoms with E-state index >= 15 is 0 Å². The van der Waals surface area contributed by atoms with E-state index in [0.29, 0.717) is 4.42 Å². The maximum Gasteiger partial charge on any atom is 0.433 e. The Balaban J connectivity index is 2.40. The molecule has 1 aromatic carbocycles. The van der Waals surface area contributed by atoms with E-state index in [2.05, 4.69) is 20.6 Å². The average molecular weight is 508 g/mol. The zero-order valence-corrected chi connectivity index (χ0v) is 18.9. The number of halogens is 6. The molecule has 1 amide bonds. The van der Waals surface area contributed by atoms with E-state index in [1.165, 1.54) is 26.0 Å². The van der Waals surface area contributed by atoms with Crippen LogP contribution in [0.5, 0.6) is 0 Å². The SMILES string of the molecule is Cc1nc(C(F)(F)F)ccc1NC(=NC(N(Cl)C(=O)c1ccccc1)C(C)(Cl)Cl)NC#N. The second-order valence-corrected chi connectivity index (χ2v) is 8.61. The molecule has 1 atom stereocenters. The molecule has 0 bridgehead atoms. The number of carbonyl (C=O) groups is 1. The number of aliphatic imine (C=N–C) groups is 1. The minimum absolute atomic E-state index is 0.0218. The molecule has 32 heavy (non-hydrogen) atoms. The second kappa shape index (κ2) is 10.3. The van der Waals surface area contributed by atoms with Crippen LogP contribution in [0, 0.1) is 18.4 Å². The van der Waals surface area contributed by atoms with Crippen LogP contribution in [-0.4, -0.2) is 31.8 Å². The number of guanidine groups is 1. The molecule has 2 rings (SSSR count). The van der Waals surface area contributed by atoms with Crippen LogP contribution in [0.3, 0.4) is 0 Å². The van der Waals surface area contributed by atoms with Crippen LogP contribution in [0.4, 0.5) is 18.9 Å². The Morgan fingerprint density at radius 3 is 2.34 bits per heavy atom. The van der Waals surface area contributed by atoms with Gasteiger partial charge < -0.3 is 5.32 Å². The highest BCUT2D eigenvalue weighted by Gasteiger charge is 2.38. The van der Waals surface area contributed by atoms with Gasteiger partial charge in [0.05, 0.1) is 11.4 Å². The first-order valence-corrected chi connectivity index (χ1v) is 9.91. The number of hydrogen-bond donors (Lipinski definition) is 2. The van der Waals surface area contributed by atoms with Crippen molar-refractivity contribution in [3.05, 3.63) is 59.4 Å². The first kappa shape index (κ1) is 25.5. The number of carbonyl (C=O) groups excluding carboxylic acids is 1. The summed E-state index contributed by atoms with van der Waals surface area (Å²) in [7, 11) is 0. The molecule has 0 saturated carbocycles. The van der Waals surface area contributed by atoms with Crippen molar-refractivity contribution in [2.24, 2.45) is 4.99 Å². The Bertz CT molecular complexity index is 1040. The van der Waals surface area contributed by atoms with Gasteiger partial charge in [-0.3, -0.25) is 10.1 Å². The van der Waals surface area contributed by atoms with E-state index in [1.807, 2.05) is 0 Å². The molecule has 0 aliphatic heterocycles. The molecule has 7 nitrogen and oxygen atoms in total. The maximum atomic E-state index is 12.8. The van der Waals surface area contributed by atoms with Crippen LogP contribution in [0.2, 0.25) is 0 Å². The van der Waals surface area contributed by atoms with Gasteiger partial charge in [0.1, 0.15) is 5.69 Å². The summed E-state index contributed by atoms with van der Waals surface area (Å²) in [6.45, 7) is 2.66. The molecule has 0 radical (unpaired) electrons. The summed E-state index contributed by atoms with van der Waals surface area (Å²) >= 11 is 18.6. The Hall–Kier alpha value is -2.74. The Morgan fingerprint density at radius 1 is 1.22 bits per heavy atom. The molecule has 1 heterocycles. The highest BCUT2D eigenvalue weighted by atomic mass is 35.5. The summed E-state index contributed by atoms with van der Waals surface area (Å²) in [6.07, 6.45) is -4.41. The van der Waals surface area contributed by atoms with Crippen molar-refractivity contribution < 1.29 is 18.0 Å². The average Bonchev–Trinajstić information content (AvgIpc) is 2.71. The van der Waals surface area contributed by atoms with Crippen LogP contribution < -0.4 is 10.6 Å². The number of amides is 1. The van der Waals surface area contributed by atoms with Gasteiger partial charge in [-0.2, -0.15) is 18.4 Å². The van der Waals surface area contributed by atoms with Crippen molar-refractivity contribution in [3.63, 3.8) is 0 Å². The zero-order chi connectivity index (χ0) is 24.1. The van der Waals surface area contributed by atoms with Crippen LogP contribution in [0.1, 0.15) is 28.7 Å². The summed E-state index contributed by atoms with van der Waals surface area (Å²) in [5.41, 5.74) is -0.767. The fraction of sp³-hybridized carbons (Fsp3) is 0.263. The molecular formula is C19H16Cl3F3N6O. The van der Waals surface area contributed by atoms with Crippen molar-refractivity contribution in [2.75, 3.05) is 5.32 Å². The molecule has 0 aliphatic rings. The highest BCUT2D eigenvalue weighted by molar-refractivity contribution is 6.49. The standard InChI is InChI=1S/C19H16Cl3F3N6O/c1-11-13(8-9-14(28-11)19(23,24)25)29-17(27-10-26)30-16(18(2,20)21)31(22)15(32)12-6-4-3-5-7-12/h3-9,16H,1-2H3,(H2,27,29,30). The Morgan fingerprint density at radius 2 is 1.84 bits per heavy atom. The molecule has 2 N–H and O–H groups in total. The molecule has 0 fully saturated rings. The third-order valence-electron chi connectivity index (χ3n) is 3.94. The number of anilines is 1. The number of rotatable bonds is 5. The number of nitrogens with zero attached hydrogens (tertiary/aromatic N) is 4. The first-order chi connectivity index (χ1) is 14.8. The molecule has 1 aromatic heterocycles. The molecule has 0 saturated heterocycles. The number of alkyl halides is 5. The van der Waals surface area contributed by atoms with Gasteiger partial charge in [-0.1, -0.05) is 41.4 Å². The lowest BCUT2D eigenvalue weighted by molar-refractivity contribution is -0.141.